The number of methoxy groups -OCH3 is 1. The molecule has 0 amide bonds. The van der Waals surface area contributed by atoms with E-state index in [1.54, 1.807) is 19.2 Å². The summed E-state index contributed by atoms with van der Waals surface area (Å²) in [4.78, 5) is 11.3. The zero-order chi connectivity index (χ0) is 22.7. The Morgan fingerprint density at radius 2 is 1.50 bits per heavy atom. The zero-order valence-electron chi connectivity index (χ0n) is 18.4. The molecule has 0 unspecified atom stereocenters. The maximum Gasteiger partial charge on any atom is 0.335 e. The van der Waals surface area contributed by atoms with Crippen LogP contribution in [0.5, 0.6) is 5.75 Å². The Labute approximate surface area is 189 Å². The number of hydrogen-bond acceptors (Lipinski definition) is 3. The van der Waals surface area contributed by atoms with Crippen LogP contribution >= 0.6 is 0 Å². The van der Waals surface area contributed by atoms with Gasteiger partial charge in [-0.25, -0.2) is 4.79 Å². The fraction of sp³-hybridized carbons (Fsp3) is 0.250. The van der Waals surface area contributed by atoms with E-state index in [0.29, 0.717) is 0 Å². The van der Waals surface area contributed by atoms with Gasteiger partial charge < -0.3 is 14.6 Å². The molecule has 164 valence electrons. The minimum Gasteiger partial charge on any atom is -0.497 e. The molecule has 3 aromatic rings. The Kier molecular flexibility index (Phi) is 6.42. The number of ether oxygens (including phenoxy) is 2. The van der Waals surface area contributed by atoms with Crippen molar-refractivity contribution in [3.8, 4) is 5.75 Å². The molecule has 3 aromatic carbocycles. The molecule has 0 bridgehead atoms. The molecule has 0 aromatic heterocycles. The quantitative estimate of drug-likeness (QED) is 0.451. The lowest BCUT2D eigenvalue weighted by molar-refractivity contribution is -0.0918. The second-order valence-electron chi connectivity index (χ2n) is 8.38. The Balaban J connectivity index is 1.75. The summed E-state index contributed by atoms with van der Waals surface area (Å²) >= 11 is 0. The minimum absolute atomic E-state index is 0.116. The number of carbonyl (C=O) groups is 1. The molecule has 1 heterocycles. The molecule has 32 heavy (non-hydrogen) atoms. The first-order chi connectivity index (χ1) is 15.5. The van der Waals surface area contributed by atoms with Gasteiger partial charge in [-0.05, 0) is 54.3 Å². The van der Waals surface area contributed by atoms with E-state index in [1.807, 2.05) is 37.3 Å². The summed E-state index contributed by atoms with van der Waals surface area (Å²) in [6.45, 7) is 6.30. The molecule has 4 atom stereocenters. The summed E-state index contributed by atoms with van der Waals surface area (Å²) in [5.41, 5.74) is 4.62. The molecule has 0 aliphatic carbocycles. The van der Waals surface area contributed by atoms with Crippen LogP contribution in [0.25, 0.3) is 0 Å². The molecule has 0 spiro atoms. The largest absolute Gasteiger partial charge is 0.497 e. The Hall–Kier alpha value is -3.37. The summed E-state index contributed by atoms with van der Waals surface area (Å²) in [6.07, 6.45) is 0.534. The van der Waals surface area contributed by atoms with Crippen LogP contribution in [0.15, 0.2) is 91.0 Å². The van der Waals surface area contributed by atoms with Crippen LogP contribution in [-0.4, -0.2) is 18.2 Å². The van der Waals surface area contributed by atoms with E-state index in [1.165, 1.54) is 5.56 Å². The first-order valence-corrected chi connectivity index (χ1v) is 10.8. The number of rotatable bonds is 6. The molecule has 4 heteroatoms. The number of hydrogen-bond donors (Lipinski definition) is 1. The van der Waals surface area contributed by atoms with Gasteiger partial charge in [0.2, 0.25) is 0 Å². The highest BCUT2D eigenvalue weighted by molar-refractivity contribution is 5.87. The Morgan fingerprint density at radius 3 is 2.06 bits per heavy atom. The Bertz CT molecular complexity index is 1070. The molecule has 0 radical (unpaired) electrons. The van der Waals surface area contributed by atoms with E-state index < -0.39 is 5.97 Å². The van der Waals surface area contributed by atoms with Gasteiger partial charge >= 0.3 is 5.97 Å². The molecule has 0 saturated carbocycles. The van der Waals surface area contributed by atoms with E-state index in [4.69, 9.17) is 9.47 Å². The molecule has 1 aliphatic heterocycles. The first kappa shape index (κ1) is 21.8. The number of aromatic carboxylic acids is 1. The van der Waals surface area contributed by atoms with E-state index in [0.717, 1.165) is 28.9 Å². The van der Waals surface area contributed by atoms with Crippen molar-refractivity contribution in [1.82, 2.24) is 0 Å². The average molecular weight is 429 g/mol. The standard InChI is InChI=1S/C28H28O4/c1-18(2)24-17-25(19-7-5-4-6-8-19)27(21-13-15-23(31-3)16-14-21)32-26(24)20-9-11-22(12-10-20)28(29)30/h4-16,24-27H,1,17H2,2-3H3,(H,29,30)/t24-,25-,26-,27+/m0/s1. The summed E-state index contributed by atoms with van der Waals surface area (Å²) in [7, 11) is 1.66. The topological polar surface area (TPSA) is 55.8 Å². The number of benzene rings is 3. The third-order valence-corrected chi connectivity index (χ3v) is 6.32. The highest BCUT2D eigenvalue weighted by Gasteiger charge is 2.40. The molecule has 1 N–H and O–H groups in total. The third-order valence-electron chi connectivity index (χ3n) is 6.32. The van der Waals surface area contributed by atoms with Crippen LogP contribution in [0.3, 0.4) is 0 Å². The SMILES string of the molecule is C=C(C)[C@@H]1C[C@@H](c2ccccc2)[C@@H](c2ccc(OC)cc2)O[C@H]1c1ccc(C(=O)O)cc1. The molecular weight excluding hydrogens is 400 g/mol. The average Bonchev–Trinajstić information content (AvgIpc) is 2.84. The summed E-state index contributed by atoms with van der Waals surface area (Å²) in [5, 5.41) is 9.26. The lowest BCUT2D eigenvalue weighted by atomic mass is 9.74. The highest BCUT2D eigenvalue weighted by Crippen LogP contribution is 2.51. The van der Waals surface area contributed by atoms with Gasteiger partial charge in [0, 0.05) is 11.8 Å². The second-order valence-corrected chi connectivity index (χ2v) is 8.38. The maximum absolute atomic E-state index is 11.3. The van der Waals surface area contributed by atoms with Gasteiger partial charge in [0.1, 0.15) is 5.75 Å². The van der Waals surface area contributed by atoms with Gasteiger partial charge in [0.15, 0.2) is 0 Å². The molecule has 1 fully saturated rings. The number of carboxylic acids is 1. The molecule has 4 rings (SSSR count). The van der Waals surface area contributed by atoms with Gasteiger partial charge in [-0.1, -0.05) is 66.7 Å². The molecule has 4 nitrogen and oxygen atoms in total. The van der Waals surface area contributed by atoms with Crippen molar-refractivity contribution in [2.24, 2.45) is 5.92 Å². The third kappa shape index (κ3) is 4.46. The van der Waals surface area contributed by atoms with E-state index in [2.05, 4.69) is 43.0 Å². The maximum atomic E-state index is 11.3. The molecular formula is C28H28O4. The van der Waals surface area contributed by atoms with E-state index in [9.17, 15) is 9.90 Å². The van der Waals surface area contributed by atoms with Gasteiger partial charge in [0.05, 0.1) is 24.9 Å². The zero-order valence-corrected chi connectivity index (χ0v) is 18.4. The van der Waals surface area contributed by atoms with Crippen LogP contribution in [-0.2, 0) is 4.74 Å². The van der Waals surface area contributed by atoms with Gasteiger partial charge in [-0.15, -0.1) is 0 Å². The second kappa shape index (κ2) is 9.41. The smallest absolute Gasteiger partial charge is 0.335 e. The fourth-order valence-corrected chi connectivity index (χ4v) is 4.57. The van der Waals surface area contributed by atoms with E-state index in [-0.39, 0.29) is 29.6 Å². The summed E-state index contributed by atoms with van der Waals surface area (Å²) in [5.74, 6) is 0.158. The van der Waals surface area contributed by atoms with Crippen molar-refractivity contribution in [2.75, 3.05) is 7.11 Å². The minimum atomic E-state index is -0.933. The number of carboxylic acid groups (broad SMARTS) is 1. The summed E-state index contributed by atoms with van der Waals surface area (Å²) < 4.78 is 12.2. The van der Waals surface area contributed by atoms with Crippen molar-refractivity contribution >= 4 is 5.97 Å². The van der Waals surface area contributed by atoms with Crippen LogP contribution in [0.1, 0.15) is 58.5 Å². The van der Waals surface area contributed by atoms with Gasteiger partial charge in [-0.2, -0.15) is 0 Å². The van der Waals surface area contributed by atoms with Crippen molar-refractivity contribution in [3.05, 3.63) is 113 Å². The van der Waals surface area contributed by atoms with Crippen molar-refractivity contribution in [3.63, 3.8) is 0 Å². The van der Waals surface area contributed by atoms with Crippen LogP contribution in [0, 0.1) is 5.92 Å². The lowest BCUT2D eigenvalue weighted by Crippen LogP contribution is -2.31. The molecule has 1 saturated heterocycles. The lowest BCUT2D eigenvalue weighted by Gasteiger charge is -2.43. The van der Waals surface area contributed by atoms with E-state index >= 15 is 0 Å². The van der Waals surface area contributed by atoms with Crippen LogP contribution in [0.4, 0.5) is 0 Å². The highest BCUT2D eigenvalue weighted by atomic mass is 16.5. The fourth-order valence-electron chi connectivity index (χ4n) is 4.57. The first-order valence-electron chi connectivity index (χ1n) is 10.8. The van der Waals surface area contributed by atoms with Crippen LogP contribution in [0.2, 0.25) is 0 Å². The van der Waals surface area contributed by atoms with Crippen molar-refractivity contribution in [1.29, 1.82) is 0 Å². The monoisotopic (exact) mass is 428 g/mol. The van der Waals surface area contributed by atoms with Gasteiger partial charge in [0.25, 0.3) is 0 Å². The normalized spacial score (nSPS) is 22.8. The summed E-state index contributed by atoms with van der Waals surface area (Å²) in [6, 6.07) is 25.5. The van der Waals surface area contributed by atoms with Gasteiger partial charge in [-0.3, -0.25) is 0 Å². The Morgan fingerprint density at radius 1 is 0.906 bits per heavy atom. The van der Waals surface area contributed by atoms with Crippen molar-refractivity contribution in [2.45, 2.75) is 31.5 Å². The molecule has 1 aliphatic rings. The predicted octanol–water partition coefficient (Wildman–Crippen LogP) is 6.57. The predicted molar refractivity (Wildman–Crippen MR) is 125 cm³/mol. The van der Waals surface area contributed by atoms with Crippen molar-refractivity contribution < 1.29 is 19.4 Å². The van der Waals surface area contributed by atoms with Crippen LogP contribution < -0.4 is 4.74 Å².